The third kappa shape index (κ3) is 3.31. The fourth-order valence-corrected chi connectivity index (χ4v) is 1.81. The zero-order chi connectivity index (χ0) is 15.6. The molecule has 0 heterocycles. The van der Waals surface area contributed by atoms with Gasteiger partial charge in [-0.15, -0.1) is 0 Å². The van der Waals surface area contributed by atoms with Crippen molar-refractivity contribution in [2.75, 3.05) is 5.32 Å². The van der Waals surface area contributed by atoms with E-state index in [0.29, 0.717) is 5.56 Å². The van der Waals surface area contributed by atoms with Crippen molar-refractivity contribution in [1.29, 1.82) is 0 Å². The summed E-state index contributed by atoms with van der Waals surface area (Å²) in [5.41, 5.74) is 0.350. The van der Waals surface area contributed by atoms with E-state index in [1.165, 1.54) is 19.1 Å². The highest BCUT2D eigenvalue weighted by atomic mass is 19.2. The lowest BCUT2D eigenvalue weighted by atomic mass is 10.1. The van der Waals surface area contributed by atoms with Gasteiger partial charge in [-0.1, -0.05) is 6.07 Å². The second-order valence-corrected chi connectivity index (χ2v) is 4.48. The van der Waals surface area contributed by atoms with Crippen LogP contribution in [0.3, 0.4) is 0 Å². The number of anilines is 1. The maximum atomic E-state index is 13.4. The third-order valence-corrected chi connectivity index (χ3v) is 2.94. The number of nitro groups is 1. The van der Waals surface area contributed by atoms with Gasteiger partial charge < -0.3 is 5.32 Å². The van der Waals surface area contributed by atoms with Gasteiger partial charge >= 0.3 is 0 Å². The van der Waals surface area contributed by atoms with Crippen LogP contribution in [0, 0.1) is 34.5 Å². The maximum Gasteiger partial charge on any atom is 0.295 e. The molecule has 2 rings (SSSR count). The average molecular weight is 296 g/mol. The first-order valence-electron chi connectivity index (χ1n) is 6.01. The molecule has 0 fully saturated rings. The lowest BCUT2D eigenvalue weighted by Gasteiger charge is -2.09. The molecular formula is C14H11F3N2O2. The Morgan fingerprint density at radius 1 is 1.10 bits per heavy atom. The Kier molecular flexibility index (Phi) is 4.11. The summed E-state index contributed by atoms with van der Waals surface area (Å²) < 4.78 is 39.2. The van der Waals surface area contributed by atoms with Gasteiger partial charge in [0.2, 0.25) is 0 Å². The molecule has 110 valence electrons. The minimum absolute atomic E-state index is 0.0448. The quantitative estimate of drug-likeness (QED) is 0.687. The van der Waals surface area contributed by atoms with E-state index in [-0.39, 0.29) is 17.8 Å². The summed E-state index contributed by atoms with van der Waals surface area (Å²) in [7, 11) is 0. The van der Waals surface area contributed by atoms with Crippen LogP contribution in [-0.2, 0) is 6.54 Å². The van der Waals surface area contributed by atoms with Crippen LogP contribution < -0.4 is 5.32 Å². The van der Waals surface area contributed by atoms with Crippen molar-refractivity contribution in [1.82, 2.24) is 0 Å². The lowest BCUT2D eigenvalue weighted by molar-refractivity contribution is -0.384. The lowest BCUT2D eigenvalue weighted by Crippen LogP contribution is -2.04. The highest BCUT2D eigenvalue weighted by Gasteiger charge is 2.17. The van der Waals surface area contributed by atoms with Gasteiger partial charge in [-0.25, -0.2) is 13.2 Å². The maximum absolute atomic E-state index is 13.4. The number of nitrogens with one attached hydrogen (secondary N) is 1. The predicted octanol–water partition coefficient (Wildman–Crippen LogP) is 3.93. The highest BCUT2D eigenvalue weighted by Crippen LogP contribution is 2.28. The van der Waals surface area contributed by atoms with Crippen LogP contribution in [0.25, 0.3) is 0 Å². The van der Waals surface area contributed by atoms with Crippen molar-refractivity contribution < 1.29 is 18.1 Å². The van der Waals surface area contributed by atoms with Crippen LogP contribution in [0.5, 0.6) is 0 Å². The number of benzene rings is 2. The van der Waals surface area contributed by atoms with Crippen molar-refractivity contribution in [2.45, 2.75) is 13.5 Å². The van der Waals surface area contributed by atoms with E-state index in [2.05, 4.69) is 5.32 Å². The monoisotopic (exact) mass is 296 g/mol. The van der Waals surface area contributed by atoms with Crippen LogP contribution in [0.2, 0.25) is 0 Å². The third-order valence-electron chi connectivity index (χ3n) is 2.94. The molecule has 0 aliphatic rings. The van der Waals surface area contributed by atoms with E-state index in [0.717, 1.165) is 18.2 Å². The van der Waals surface area contributed by atoms with Gasteiger partial charge in [0.05, 0.1) is 11.0 Å². The minimum atomic E-state index is -1.00. The second-order valence-electron chi connectivity index (χ2n) is 4.48. The topological polar surface area (TPSA) is 55.2 Å². The molecule has 0 aliphatic carbocycles. The zero-order valence-corrected chi connectivity index (χ0v) is 11.0. The van der Waals surface area contributed by atoms with Crippen LogP contribution >= 0.6 is 0 Å². The van der Waals surface area contributed by atoms with E-state index in [4.69, 9.17) is 0 Å². The molecule has 0 bridgehead atoms. The Labute approximate surface area is 118 Å². The predicted molar refractivity (Wildman–Crippen MR) is 71.5 cm³/mol. The van der Waals surface area contributed by atoms with E-state index >= 15 is 0 Å². The zero-order valence-electron chi connectivity index (χ0n) is 11.0. The smallest absolute Gasteiger partial charge is 0.295 e. The van der Waals surface area contributed by atoms with Gasteiger partial charge in [0.1, 0.15) is 11.5 Å². The van der Waals surface area contributed by atoms with Gasteiger partial charge in [0, 0.05) is 6.54 Å². The first-order chi connectivity index (χ1) is 9.88. The summed E-state index contributed by atoms with van der Waals surface area (Å²) in [6, 6.07) is 5.44. The van der Waals surface area contributed by atoms with Crippen LogP contribution in [0.1, 0.15) is 11.1 Å². The van der Waals surface area contributed by atoms with Crippen LogP contribution in [-0.4, -0.2) is 4.92 Å². The van der Waals surface area contributed by atoms with Crippen LogP contribution in [0.15, 0.2) is 30.3 Å². The number of hydrogen-bond acceptors (Lipinski definition) is 3. The molecule has 21 heavy (non-hydrogen) atoms. The molecule has 7 heteroatoms. The molecule has 0 amide bonds. The fourth-order valence-electron chi connectivity index (χ4n) is 1.81. The SMILES string of the molecule is Cc1cc(NCc2ccc(F)c(F)c2)c([N+](=O)[O-])cc1F. The first-order valence-corrected chi connectivity index (χ1v) is 6.01. The van der Waals surface area contributed by atoms with Gasteiger partial charge in [-0.05, 0) is 36.2 Å². The molecule has 0 unspecified atom stereocenters. The first kappa shape index (κ1) is 14.8. The summed E-state index contributed by atoms with van der Waals surface area (Å²) in [5, 5.41) is 13.6. The molecule has 1 N–H and O–H groups in total. The Balaban J connectivity index is 2.24. The normalized spacial score (nSPS) is 10.5. The van der Waals surface area contributed by atoms with Gasteiger partial charge in [-0.2, -0.15) is 0 Å². The highest BCUT2D eigenvalue weighted by molar-refractivity contribution is 5.63. The number of rotatable bonds is 4. The average Bonchev–Trinajstić information content (AvgIpc) is 2.43. The summed E-state index contributed by atoms with van der Waals surface area (Å²) in [5.74, 6) is -2.65. The number of nitrogens with zero attached hydrogens (tertiary/aromatic N) is 1. The molecule has 0 atom stereocenters. The van der Waals surface area contributed by atoms with Crippen molar-refractivity contribution in [3.63, 3.8) is 0 Å². The van der Waals surface area contributed by atoms with Gasteiger partial charge in [0.25, 0.3) is 5.69 Å². The Morgan fingerprint density at radius 2 is 1.81 bits per heavy atom. The Morgan fingerprint density at radius 3 is 2.43 bits per heavy atom. The molecule has 0 spiro atoms. The molecule has 4 nitrogen and oxygen atoms in total. The summed E-state index contributed by atoms with van der Waals surface area (Å²) >= 11 is 0. The molecule has 0 radical (unpaired) electrons. The van der Waals surface area contributed by atoms with Crippen molar-refractivity contribution in [2.24, 2.45) is 0 Å². The summed E-state index contributed by atoms with van der Waals surface area (Å²) in [6.45, 7) is 1.52. The summed E-state index contributed by atoms with van der Waals surface area (Å²) in [4.78, 5) is 10.2. The van der Waals surface area contributed by atoms with E-state index in [9.17, 15) is 23.3 Å². The minimum Gasteiger partial charge on any atom is -0.375 e. The fraction of sp³-hybridized carbons (Fsp3) is 0.143. The molecule has 0 aromatic heterocycles. The Hall–Kier alpha value is -2.57. The van der Waals surface area contributed by atoms with Crippen LogP contribution in [0.4, 0.5) is 24.5 Å². The molecule has 2 aromatic rings. The standard InChI is InChI=1S/C14H11F3N2O2/c1-8-4-13(14(19(20)21)6-11(8)16)18-7-9-2-3-10(15)12(17)5-9/h2-6,18H,7H2,1H3. The van der Waals surface area contributed by atoms with Crippen molar-refractivity contribution >= 4 is 11.4 Å². The van der Waals surface area contributed by atoms with Crippen molar-refractivity contribution in [3.05, 3.63) is 69.0 Å². The molecule has 0 aliphatic heterocycles. The molecular weight excluding hydrogens is 285 g/mol. The summed E-state index contributed by atoms with van der Waals surface area (Å²) in [6.07, 6.45) is 0. The molecule has 2 aromatic carbocycles. The number of halogens is 3. The molecule has 0 saturated carbocycles. The van der Waals surface area contributed by atoms with Gasteiger partial charge in [0.15, 0.2) is 11.6 Å². The van der Waals surface area contributed by atoms with E-state index in [1.807, 2.05) is 0 Å². The second kappa shape index (κ2) is 5.82. The number of hydrogen-bond donors (Lipinski definition) is 1. The number of nitro benzene ring substituents is 1. The van der Waals surface area contributed by atoms with Crippen molar-refractivity contribution in [3.8, 4) is 0 Å². The van der Waals surface area contributed by atoms with Gasteiger partial charge in [-0.3, -0.25) is 10.1 Å². The number of aryl methyl sites for hydroxylation is 1. The largest absolute Gasteiger partial charge is 0.375 e. The van der Waals surface area contributed by atoms with E-state index in [1.54, 1.807) is 0 Å². The Bertz CT molecular complexity index is 705. The van der Waals surface area contributed by atoms with E-state index < -0.39 is 28.1 Å². The molecule has 0 saturated heterocycles.